The highest BCUT2D eigenvalue weighted by Crippen LogP contribution is 2.29. The zero-order valence-electron chi connectivity index (χ0n) is 11.1. The zero-order valence-corrected chi connectivity index (χ0v) is 11.1. The summed E-state index contributed by atoms with van der Waals surface area (Å²) in [5.74, 6) is 1.95. The summed E-state index contributed by atoms with van der Waals surface area (Å²) in [4.78, 5) is 2.34. The number of nitrogens with zero attached hydrogens (tertiary/aromatic N) is 1. The van der Waals surface area contributed by atoms with Crippen LogP contribution in [0.15, 0.2) is 29.2 Å². The number of allylic oxidation sites excluding steroid dienone is 1. The van der Waals surface area contributed by atoms with Crippen molar-refractivity contribution in [2.45, 2.75) is 51.3 Å². The van der Waals surface area contributed by atoms with Crippen molar-refractivity contribution in [2.24, 2.45) is 0 Å². The van der Waals surface area contributed by atoms with Crippen molar-refractivity contribution in [2.75, 3.05) is 6.54 Å². The Morgan fingerprint density at radius 3 is 2.89 bits per heavy atom. The van der Waals surface area contributed by atoms with Crippen LogP contribution in [0.3, 0.4) is 0 Å². The van der Waals surface area contributed by atoms with Gasteiger partial charge in [-0.05, 0) is 44.7 Å². The van der Waals surface area contributed by atoms with Crippen LogP contribution in [-0.2, 0) is 6.54 Å². The number of hydrogen-bond acceptors (Lipinski definition) is 3. The topological polar surface area (TPSA) is 36.6 Å². The fourth-order valence-corrected chi connectivity index (χ4v) is 2.22. The van der Waals surface area contributed by atoms with Crippen LogP contribution in [0.2, 0.25) is 0 Å². The van der Waals surface area contributed by atoms with E-state index in [0.29, 0.717) is 6.04 Å². The molecule has 18 heavy (non-hydrogen) atoms. The molecular weight excluding hydrogens is 226 g/mol. The molecule has 0 saturated heterocycles. The van der Waals surface area contributed by atoms with Crippen molar-refractivity contribution >= 4 is 0 Å². The Labute approximate surface area is 109 Å². The standard InChI is InChI=1S/C15H23NO2/c1-3-4-5-14(17)10-16(13-7-8-13)11-15-9-6-12(2)18-15/h3,6,9,13-14,17H,1,4-5,7-8,10-11H2,2H3. The first-order chi connectivity index (χ1) is 8.69. The van der Waals surface area contributed by atoms with E-state index in [2.05, 4.69) is 11.5 Å². The van der Waals surface area contributed by atoms with Gasteiger partial charge in [-0.2, -0.15) is 0 Å². The smallest absolute Gasteiger partial charge is 0.118 e. The van der Waals surface area contributed by atoms with Gasteiger partial charge in [0.1, 0.15) is 11.5 Å². The quantitative estimate of drug-likeness (QED) is 0.720. The van der Waals surface area contributed by atoms with Crippen molar-refractivity contribution in [3.05, 3.63) is 36.3 Å². The van der Waals surface area contributed by atoms with Gasteiger partial charge in [-0.25, -0.2) is 0 Å². The fourth-order valence-electron chi connectivity index (χ4n) is 2.22. The van der Waals surface area contributed by atoms with E-state index < -0.39 is 0 Å². The molecule has 0 amide bonds. The molecule has 0 bridgehead atoms. The van der Waals surface area contributed by atoms with Crippen LogP contribution in [-0.4, -0.2) is 28.7 Å². The third kappa shape index (κ3) is 4.00. The molecule has 3 nitrogen and oxygen atoms in total. The van der Waals surface area contributed by atoms with Gasteiger partial charge in [0, 0.05) is 12.6 Å². The minimum Gasteiger partial charge on any atom is -0.465 e. The highest BCUT2D eigenvalue weighted by molar-refractivity contribution is 5.06. The van der Waals surface area contributed by atoms with Crippen LogP contribution in [0.25, 0.3) is 0 Å². The van der Waals surface area contributed by atoms with Crippen LogP contribution in [0, 0.1) is 6.92 Å². The van der Waals surface area contributed by atoms with E-state index in [1.54, 1.807) is 0 Å². The van der Waals surface area contributed by atoms with Crippen molar-refractivity contribution < 1.29 is 9.52 Å². The number of rotatable bonds is 8. The summed E-state index contributed by atoms with van der Waals surface area (Å²) in [5, 5.41) is 9.99. The van der Waals surface area contributed by atoms with Crippen LogP contribution in [0.5, 0.6) is 0 Å². The first kappa shape index (κ1) is 13.4. The predicted molar refractivity (Wildman–Crippen MR) is 72.3 cm³/mol. The van der Waals surface area contributed by atoms with Crippen molar-refractivity contribution in [1.82, 2.24) is 4.90 Å². The predicted octanol–water partition coefficient (Wildman–Crippen LogP) is 2.88. The second kappa shape index (κ2) is 6.21. The maximum Gasteiger partial charge on any atom is 0.118 e. The minimum absolute atomic E-state index is 0.264. The number of hydrogen-bond donors (Lipinski definition) is 1. The second-order valence-electron chi connectivity index (χ2n) is 5.19. The molecule has 1 fully saturated rings. The average molecular weight is 249 g/mol. The van der Waals surface area contributed by atoms with Gasteiger partial charge in [0.05, 0.1) is 12.6 Å². The van der Waals surface area contributed by atoms with E-state index in [0.717, 1.165) is 37.5 Å². The molecule has 2 rings (SSSR count). The summed E-state index contributed by atoms with van der Waals surface area (Å²) in [5.41, 5.74) is 0. The number of aliphatic hydroxyl groups is 1. The van der Waals surface area contributed by atoms with Crippen LogP contribution in [0.1, 0.15) is 37.2 Å². The molecule has 3 heteroatoms. The van der Waals surface area contributed by atoms with Crippen LogP contribution >= 0.6 is 0 Å². The van der Waals surface area contributed by atoms with Crippen LogP contribution in [0.4, 0.5) is 0 Å². The number of aryl methyl sites for hydroxylation is 1. The Hall–Kier alpha value is -1.06. The summed E-state index contributed by atoms with van der Waals surface area (Å²) >= 11 is 0. The van der Waals surface area contributed by atoms with Gasteiger partial charge in [0.2, 0.25) is 0 Å². The third-order valence-electron chi connectivity index (χ3n) is 3.37. The molecule has 1 atom stereocenters. The van der Waals surface area contributed by atoms with Gasteiger partial charge in [0.15, 0.2) is 0 Å². The van der Waals surface area contributed by atoms with Gasteiger partial charge in [-0.15, -0.1) is 6.58 Å². The summed E-state index contributed by atoms with van der Waals surface area (Å²) in [7, 11) is 0. The molecule has 1 aliphatic carbocycles. The Morgan fingerprint density at radius 1 is 1.56 bits per heavy atom. The average Bonchev–Trinajstić information content (AvgIpc) is 3.11. The molecule has 100 valence electrons. The number of aliphatic hydroxyl groups excluding tert-OH is 1. The van der Waals surface area contributed by atoms with Crippen molar-refractivity contribution in [3.63, 3.8) is 0 Å². The minimum atomic E-state index is -0.264. The van der Waals surface area contributed by atoms with E-state index in [9.17, 15) is 5.11 Å². The molecule has 0 aliphatic heterocycles. The maximum atomic E-state index is 9.99. The van der Waals surface area contributed by atoms with E-state index in [1.807, 2.05) is 25.1 Å². The Bertz CT molecular complexity index is 382. The van der Waals surface area contributed by atoms with Crippen molar-refractivity contribution in [3.8, 4) is 0 Å². The SMILES string of the molecule is C=CCCC(O)CN(Cc1ccc(C)o1)C1CC1. The molecule has 0 aromatic carbocycles. The maximum absolute atomic E-state index is 9.99. The van der Waals surface area contributed by atoms with Gasteiger partial charge in [-0.3, -0.25) is 4.90 Å². The lowest BCUT2D eigenvalue weighted by atomic mass is 10.2. The van der Waals surface area contributed by atoms with Crippen LogP contribution < -0.4 is 0 Å². The second-order valence-corrected chi connectivity index (χ2v) is 5.19. The van der Waals surface area contributed by atoms with E-state index >= 15 is 0 Å². The van der Waals surface area contributed by atoms with E-state index in [4.69, 9.17) is 4.42 Å². The van der Waals surface area contributed by atoms with Gasteiger partial charge >= 0.3 is 0 Å². The number of furan rings is 1. The molecule has 1 aromatic heterocycles. The Morgan fingerprint density at radius 2 is 2.33 bits per heavy atom. The van der Waals surface area contributed by atoms with Crippen molar-refractivity contribution in [1.29, 1.82) is 0 Å². The summed E-state index contributed by atoms with van der Waals surface area (Å²) in [6, 6.07) is 4.66. The summed E-state index contributed by atoms with van der Waals surface area (Å²) in [6.45, 7) is 7.20. The van der Waals surface area contributed by atoms with E-state index in [-0.39, 0.29) is 6.10 Å². The lowest BCUT2D eigenvalue weighted by molar-refractivity contribution is 0.0939. The Kier molecular flexibility index (Phi) is 4.61. The molecule has 1 saturated carbocycles. The van der Waals surface area contributed by atoms with Gasteiger partial charge < -0.3 is 9.52 Å². The Balaban J connectivity index is 1.86. The highest BCUT2D eigenvalue weighted by Gasteiger charge is 2.30. The first-order valence-corrected chi connectivity index (χ1v) is 6.77. The first-order valence-electron chi connectivity index (χ1n) is 6.77. The summed E-state index contributed by atoms with van der Waals surface area (Å²) in [6.07, 6.45) is 5.76. The molecule has 1 aromatic rings. The fraction of sp³-hybridized carbons (Fsp3) is 0.600. The third-order valence-corrected chi connectivity index (χ3v) is 3.37. The molecule has 1 unspecified atom stereocenters. The monoisotopic (exact) mass is 249 g/mol. The molecule has 1 heterocycles. The van der Waals surface area contributed by atoms with E-state index in [1.165, 1.54) is 12.8 Å². The molecule has 1 N–H and O–H groups in total. The van der Waals surface area contributed by atoms with Gasteiger partial charge in [0.25, 0.3) is 0 Å². The lowest BCUT2D eigenvalue weighted by Gasteiger charge is -2.23. The molecule has 0 spiro atoms. The zero-order chi connectivity index (χ0) is 13.0. The molecule has 1 aliphatic rings. The normalized spacial score (nSPS) is 17.1. The highest BCUT2D eigenvalue weighted by atomic mass is 16.3. The van der Waals surface area contributed by atoms with Gasteiger partial charge in [-0.1, -0.05) is 6.08 Å². The molecular formula is C15H23NO2. The molecule has 0 radical (unpaired) electrons. The lowest BCUT2D eigenvalue weighted by Crippen LogP contribution is -2.33. The largest absolute Gasteiger partial charge is 0.465 e. The summed E-state index contributed by atoms with van der Waals surface area (Å²) < 4.78 is 5.62.